The third-order valence-electron chi connectivity index (χ3n) is 10.8. The maximum atomic E-state index is 7.63. The van der Waals surface area contributed by atoms with Gasteiger partial charge in [-0.3, -0.25) is 0 Å². The van der Waals surface area contributed by atoms with Crippen molar-refractivity contribution >= 4 is 46.1 Å². The van der Waals surface area contributed by atoms with E-state index in [1.54, 1.807) is 0 Å². The van der Waals surface area contributed by atoms with Gasteiger partial charge in [0, 0.05) is 56.1 Å². The van der Waals surface area contributed by atoms with E-state index in [9.17, 15) is 0 Å². The predicted octanol–water partition coefficient (Wildman–Crippen LogP) is 10.6. The van der Waals surface area contributed by atoms with E-state index in [1.165, 1.54) is 54.1 Å². The summed E-state index contributed by atoms with van der Waals surface area (Å²) in [6.45, 7) is 8.08. The molecule has 3 nitrogen and oxygen atoms in total. The number of thioether (sulfide) groups is 2. The summed E-state index contributed by atoms with van der Waals surface area (Å²) in [4.78, 5) is 5.01. The van der Waals surface area contributed by atoms with Gasteiger partial charge in [0.2, 0.25) is 0 Å². The maximum absolute atomic E-state index is 7.63. The van der Waals surface area contributed by atoms with E-state index in [2.05, 4.69) is 134 Å². The van der Waals surface area contributed by atoms with Gasteiger partial charge >= 0.3 is 0 Å². The highest BCUT2D eigenvalue weighted by Crippen LogP contribution is 2.61. The highest BCUT2D eigenvalue weighted by molar-refractivity contribution is 8.01. The zero-order valence-electron chi connectivity index (χ0n) is 27.6. The third kappa shape index (κ3) is 4.61. The lowest BCUT2D eigenvalue weighted by Crippen LogP contribution is -2.37. The Labute approximate surface area is 287 Å². The van der Waals surface area contributed by atoms with Gasteiger partial charge in [-0.25, -0.2) is 0 Å². The molecule has 0 saturated carbocycles. The van der Waals surface area contributed by atoms with Crippen molar-refractivity contribution in [2.75, 3.05) is 43.7 Å². The molecule has 0 radical (unpaired) electrons. The van der Waals surface area contributed by atoms with Gasteiger partial charge < -0.3 is 14.4 Å². The summed E-state index contributed by atoms with van der Waals surface area (Å²) >= 11 is 3.64. The van der Waals surface area contributed by atoms with E-state index in [-0.39, 0.29) is 5.41 Å². The second-order valence-electron chi connectivity index (χ2n) is 12.8. The summed E-state index contributed by atoms with van der Waals surface area (Å²) in [6.07, 6.45) is 11.2. The second kappa shape index (κ2) is 12.1. The molecule has 1 saturated heterocycles. The van der Waals surface area contributed by atoms with E-state index in [1.807, 2.05) is 23.5 Å². The van der Waals surface area contributed by atoms with Gasteiger partial charge in [-0.05, 0) is 83.3 Å². The molecule has 8 rings (SSSR count). The molecule has 238 valence electrons. The second-order valence-corrected chi connectivity index (χ2v) is 14.5. The van der Waals surface area contributed by atoms with Gasteiger partial charge in [0.1, 0.15) is 5.75 Å². The van der Waals surface area contributed by atoms with E-state index >= 15 is 0 Å². The summed E-state index contributed by atoms with van der Waals surface area (Å²) in [5.74, 6) is 0.990. The first-order valence-electron chi connectivity index (χ1n) is 16.8. The van der Waals surface area contributed by atoms with Gasteiger partial charge in [0.15, 0.2) is 5.60 Å². The van der Waals surface area contributed by atoms with Crippen LogP contribution in [0.3, 0.4) is 0 Å². The Morgan fingerprint density at radius 1 is 0.745 bits per heavy atom. The molecule has 5 aromatic carbocycles. The summed E-state index contributed by atoms with van der Waals surface area (Å²) in [6, 6.07) is 33.7. The van der Waals surface area contributed by atoms with Crippen molar-refractivity contribution in [3.8, 4) is 16.9 Å². The highest BCUT2D eigenvalue weighted by Gasteiger charge is 2.46. The third-order valence-corrected chi connectivity index (χ3v) is 12.5. The van der Waals surface area contributed by atoms with Gasteiger partial charge in [-0.2, -0.15) is 0 Å². The molecule has 5 heteroatoms. The molecular formula is C42H41NO2S2. The molecular weight excluding hydrogens is 615 g/mol. The molecule has 47 heavy (non-hydrogen) atoms. The van der Waals surface area contributed by atoms with Crippen molar-refractivity contribution in [1.82, 2.24) is 0 Å². The lowest BCUT2D eigenvalue weighted by atomic mass is 9.71. The zero-order valence-corrected chi connectivity index (χ0v) is 29.3. The van der Waals surface area contributed by atoms with Crippen molar-refractivity contribution in [2.45, 2.75) is 47.5 Å². The fourth-order valence-electron chi connectivity index (χ4n) is 8.38. The van der Waals surface area contributed by atoms with Crippen LogP contribution in [0.4, 0.5) is 5.69 Å². The van der Waals surface area contributed by atoms with E-state index < -0.39 is 5.60 Å². The largest absolute Gasteiger partial charge is 0.472 e. The molecule has 0 spiro atoms. The minimum Gasteiger partial charge on any atom is -0.472 e. The van der Waals surface area contributed by atoms with Crippen LogP contribution in [0.25, 0.3) is 28.0 Å². The normalized spacial score (nSPS) is 19.3. The Morgan fingerprint density at radius 3 is 2.06 bits per heavy atom. The fourth-order valence-corrected chi connectivity index (χ4v) is 9.88. The maximum Gasteiger partial charge on any atom is 0.178 e. The van der Waals surface area contributed by atoms with Crippen LogP contribution < -0.4 is 9.64 Å². The van der Waals surface area contributed by atoms with Crippen LogP contribution in [-0.4, -0.2) is 38.8 Å². The molecule has 3 aliphatic rings. The Hall–Kier alpha value is -3.64. The molecule has 2 heterocycles. The van der Waals surface area contributed by atoms with Crippen molar-refractivity contribution in [1.29, 1.82) is 0 Å². The number of fused-ring (bicyclic) bond motifs is 8. The van der Waals surface area contributed by atoms with Crippen LogP contribution in [0, 0.1) is 0 Å². The number of hydrogen-bond acceptors (Lipinski definition) is 5. The Balaban J connectivity index is 1.41. The number of ether oxygens (including phenoxy) is 2. The molecule has 1 atom stereocenters. The number of morpholine rings is 1. The monoisotopic (exact) mass is 655 g/mol. The number of nitrogens with zero attached hydrogens (tertiary/aromatic N) is 1. The zero-order chi connectivity index (χ0) is 32.2. The minimum atomic E-state index is -0.775. The van der Waals surface area contributed by atoms with Crippen LogP contribution in [0.1, 0.15) is 54.5 Å². The Kier molecular flexibility index (Phi) is 7.90. The first-order valence-corrected chi connectivity index (χ1v) is 19.3. The van der Waals surface area contributed by atoms with Crippen LogP contribution >= 0.6 is 23.5 Å². The van der Waals surface area contributed by atoms with E-state index in [0.717, 1.165) is 56.0 Å². The quantitative estimate of drug-likeness (QED) is 0.162. The summed E-state index contributed by atoms with van der Waals surface area (Å²) < 4.78 is 13.3. The van der Waals surface area contributed by atoms with Crippen molar-refractivity contribution in [3.63, 3.8) is 0 Å². The smallest absolute Gasteiger partial charge is 0.178 e. The molecule has 0 bridgehead atoms. The lowest BCUT2D eigenvalue weighted by molar-refractivity contribution is 0.122. The number of rotatable bonds is 7. The standard InChI is InChI=1S/C42H41NO2S2/c1-5-41(6-2)35-15-11-10-14-31(35)38-33-26-36(46-3)37(47-4)27-34(33)40-32(39(38)41)20-21-42(45-40,28-12-8-7-9-13-28)29-16-18-30(19-17-29)43-22-24-44-25-23-43/h7-21,26-27H,5-6,22-25H2,1-4H3. The van der Waals surface area contributed by atoms with Gasteiger partial charge in [0.25, 0.3) is 0 Å². The fraction of sp³-hybridized carbons (Fsp3) is 0.286. The predicted molar refractivity (Wildman–Crippen MR) is 201 cm³/mol. The molecule has 2 aliphatic heterocycles. The molecule has 5 aromatic rings. The molecule has 1 unspecified atom stereocenters. The number of anilines is 1. The van der Waals surface area contributed by atoms with Gasteiger partial charge in [0.05, 0.1) is 13.2 Å². The van der Waals surface area contributed by atoms with E-state index in [4.69, 9.17) is 9.47 Å². The summed E-state index contributed by atoms with van der Waals surface area (Å²) in [5, 5.41) is 2.48. The van der Waals surface area contributed by atoms with Crippen molar-refractivity contribution in [2.24, 2.45) is 0 Å². The Bertz CT molecular complexity index is 1990. The topological polar surface area (TPSA) is 21.7 Å². The average Bonchev–Trinajstić information content (AvgIpc) is 3.45. The molecule has 0 amide bonds. The van der Waals surface area contributed by atoms with Crippen LogP contribution in [0.15, 0.2) is 107 Å². The number of benzene rings is 5. The van der Waals surface area contributed by atoms with Crippen molar-refractivity contribution in [3.05, 3.63) is 125 Å². The molecule has 1 fully saturated rings. The molecule has 0 aromatic heterocycles. The van der Waals surface area contributed by atoms with Gasteiger partial charge in [-0.15, -0.1) is 23.5 Å². The highest BCUT2D eigenvalue weighted by atomic mass is 32.2. The van der Waals surface area contributed by atoms with Crippen LogP contribution in [-0.2, 0) is 15.8 Å². The van der Waals surface area contributed by atoms with E-state index in [0.29, 0.717) is 0 Å². The lowest BCUT2D eigenvalue weighted by Gasteiger charge is -2.39. The van der Waals surface area contributed by atoms with Gasteiger partial charge in [-0.1, -0.05) is 86.7 Å². The number of hydrogen-bond donors (Lipinski definition) is 0. The first-order chi connectivity index (χ1) is 23.1. The molecule has 1 aliphatic carbocycles. The SMILES string of the molecule is CCC1(CC)c2ccccc2-c2c1c1c(c3cc(SC)c(SC)cc23)OC(c2ccccc2)(c2ccc(N3CCOCC3)cc2)C=C1. The average molecular weight is 656 g/mol. The van der Waals surface area contributed by atoms with Crippen LogP contribution in [0.2, 0.25) is 0 Å². The Morgan fingerprint density at radius 2 is 1.38 bits per heavy atom. The first kappa shape index (κ1) is 30.7. The summed E-state index contributed by atoms with van der Waals surface area (Å²) in [5.41, 5.74) is 9.48. The van der Waals surface area contributed by atoms with Crippen LogP contribution in [0.5, 0.6) is 5.75 Å². The minimum absolute atomic E-state index is 0.0812. The molecule has 0 N–H and O–H groups in total. The van der Waals surface area contributed by atoms with Crippen molar-refractivity contribution < 1.29 is 9.47 Å². The summed E-state index contributed by atoms with van der Waals surface area (Å²) in [7, 11) is 0.